The van der Waals surface area contributed by atoms with Gasteiger partial charge in [0.2, 0.25) is 11.8 Å². The van der Waals surface area contributed by atoms with Crippen molar-refractivity contribution in [3.05, 3.63) is 84.2 Å². The first-order valence-corrected chi connectivity index (χ1v) is 10.5. The van der Waals surface area contributed by atoms with Gasteiger partial charge in [0.15, 0.2) is 0 Å². The maximum atomic E-state index is 12.4. The summed E-state index contributed by atoms with van der Waals surface area (Å²) < 4.78 is 10.2. The zero-order valence-electron chi connectivity index (χ0n) is 19.0. The first-order chi connectivity index (χ1) is 16.5. The van der Waals surface area contributed by atoms with Crippen LogP contribution < -0.4 is 25.4 Å². The van der Waals surface area contributed by atoms with Crippen molar-refractivity contribution in [3.8, 4) is 11.6 Å². The van der Waals surface area contributed by atoms with E-state index in [0.29, 0.717) is 28.9 Å². The minimum absolute atomic E-state index is 0.257. The zero-order chi connectivity index (χ0) is 23.9. The molecular formula is C25H24N6O3. The molecule has 4 aromatic rings. The summed E-state index contributed by atoms with van der Waals surface area (Å²) in [6.07, 6.45) is 1.47. The number of benzene rings is 2. The summed E-state index contributed by atoms with van der Waals surface area (Å²) in [5.74, 6) is 2.10. The van der Waals surface area contributed by atoms with E-state index in [1.807, 2.05) is 49.4 Å². The molecule has 0 fully saturated rings. The number of hydrogen-bond donors (Lipinski definition) is 3. The maximum Gasteiger partial charge on any atom is 0.257 e. The molecule has 0 atom stereocenters. The van der Waals surface area contributed by atoms with E-state index in [-0.39, 0.29) is 5.91 Å². The van der Waals surface area contributed by atoms with E-state index < -0.39 is 0 Å². The van der Waals surface area contributed by atoms with E-state index in [4.69, 9.17) is 9.47 Å². The Kier molecular flexibility index (Phi) is 6.83. The third kappa shape index (κ3) is 5.77. The van der Waals surface area contributed by atoms with E-state index in [1.54, 1.807) is 31.4 Å². The number of anilines is 5. The number of methoxy groups -OCH3 is 2. The van der Waals surface area contributed by atoms with E-state index in [1.165, 1.54) is 13.3 Å². The van der Waals surface area contributed by atoms with Crippen LogP contribution in [0.4, 0.5) is 28.8 Å². The van der Waals surface area contributed by atoms with Gasteiger partial charge in [0.1, 0.15) is 11.6 Å². The van der Waals surface area contributed by atoms with Crippen LogP contribution in [0.25, 0.3) is 0 Å². The fraction of sp³-hybridized carbons (Fsp3) is 0.120. The van der Waals surface area contributed by atoms with Gasteiger partial charge in [-0.2, -0.15) is 4.98 Å². The van der Waals surface area contributed by atoms with Crippen molar-refractivity contribution >= 4 is 34.7 Å². The number of nitrogens with zero attached hydrogens (tertiary/aromatic N) is 3. The second-order valence-corrected chi connectivity index (χ2v) is 7.32. The highest BCUT2D eigenvalue weighted by Crippen LogP contribution is 2.22. The summed E-state index contributed by atoms with van der Waals surface area (Å²) in [5.41, 5.74) is 3.57. The van der Waals surface area contributed by atoms with Crippen LogP contribution in [0.15, 0.2) is 72.9 Å². The number of carbonyl (C=O) groups excluding carboxylic acids is 1. The Bertz CT molecular complexity index is 1260. The van der Waals surface area contributed by atoms with Gasteiger partial charge in [-0.05, 0) is 61.5 Å². The molecule has 0 bridgehead atoms. The lowest BCUT2D eigenvalue weighted by Crippen LogP contribution is -2.12. The Morgan fingerprint density at radius 1 is 0.794 bits per heavy atom. The van der Waals surface area contributed by atoms with Crippen molar-refractivity contribution in [1.29, 1.82) is 0 Å². The van der Waals surface area contributed by atoms with Crippen molar-refractivity contribution in [1.82, 2.24) is 15.0 Å². The lowest BCUT2D eigenvalue weighted by Gasteiger charge is -2.11. The molecular weight excluding hydrogens is 432 g/mol. The minimum Gasteiger partial charge on any atom is -0.497 e. The van der Waals surface area contributed by atoms with Gasteiger partial charge in [0.25, 0.3) is 5.91 Å². The predicted octanol–water partition coefficient (Wildman–Crippen LogP) is 4.94. The number of hydrogen-bond acceptors (Lipinski definition) is 8. The quantitative estimate of drug-likeness (QED) is 0.342. The number of nitrogens with one attached hydrogen (secondary N) is 3. The lowest BCUT2D eigenvalue weighted by molar-refractivity contribution is 0.102. The summed E-state index contributed by atoms with van der Waals surface area (Å²) in [6, 6.07) is 20.0. The average molecular weight is 457 g/mol. The van der Waals surface area contributed by atoms with Gasteiger partial charge in [0.05, 0.1) is 19.8 Å². The first kappa shape index (κ1) is 22.5. The third-order valence-electron chi connectivity index (χ3n) is 4.82. The molecule has 172 valence electrons. The maximum absolute atomic E-state index is 12.4. The smallest absolute Gasteiger partial charge is 0.257 e. The molecule has 0 saturated heterocycles. The number of pyridine rings is 1. The second kappa shape index (κ2) is 10.3. The van der Waals surface area contributed by atoms with Gasteiger partial charge < -0.3 is 25.4 Å². The summed E-state index contributed by atoms with van der Waals surface area (Å²) in [5, 5.41) is 9.31. The Morgan fingerprint density at radius 3 is 2.12 bits per heavy atom. The van der Waals surface area contributed by atoms with Crippen molar-refractivity contribution in [2.24, 2.45) is 0 Å². The molecule has 2 heterocycles. The SMILES string of the molecule is COc1ccc(Nc2cc(C)nc(Nc3ccc(NC(=O)c4ccc(OC)nc4)cc3)n2)cc1. The number of carbonyl (C=O) groups is 1. The Hall–Kier alpha value is -4.66. The van der Waals surface area contributed by atoms with E-state index in [0.717, 1.165) is 22.8 Å². The normalized spacial score (nSPS) is 10.3. The highest BCUT2D eigenvalue weighted by molar-refractivity contribution is 6.04. The largest absolute Gasteiger partial charge is 0.497 e. The fourth-order valence-electron chi connectivity index (χ4n) is 3.12. The molecule has 0 spiro atoms. The molecule has 9 nitrogen and oxygen atoms in total. The van der Waals surface area contributed by atoms with Crippen LogP contribution in [-0.2, 0) is 0 Å². The van der Waals surface area contributed by atoms with Crippen LogP contribution in [-0.4, -0.2) is 35.1 Å². The highest BCUT2D eigenvalue weighted by Gasteiger charge is 2.08. The number of ether oxygens (including phenoxy) is 2. The van der Waals surface area contributed by atoms with E-state index >= 15 is 0 Å². The molecule has 9 heteroatoms. The summed E-state index contributed by atoms with van der Waals surface area (Å²) >= 11 is 0. The molecule has 4 rings (SSSR count). The first-order valence-electron chi connectivity index (χ1n) is 10.5. The van der Waals surface area contributed by atoms with Gasteiger partial charge >= 0.3 is 0 Å². The summed E-state index contributed by atoms with van der Waals surface area (Å²) in [6.45, 7) is 1.90. The van der Waals surface area contributed by atoms with Gasteiger partial charge in [0, 0.05) is 41.1 Å². The molecule has 0 aliphatic heterocycles. The van der Waals surface area contributed by atoms with Crippen LogP contribution in [0.3, 0.4) is 0 Å². The molecule has 0 aliphatic carbocycles. The van der Waals surface area contributed by atoms with Crippen LogP contribution in [0.1, 0.15) is 16.1 Å². The second-order valence-electron chi connectivity index (χ2n) is 7.32. The average Bonchev–Trinajstić information content (AvgIpc) is 2.85. The molecule has 0 aliphatic rings. The number of rotatable bonds is 8. The monoisotopic (exact) mass is 456 g/mol. The van der Waals surface area contributed by atoms with Gasteiger partial charge in [-0.25, -0.2) is 9.97 Å². The van der Waals surface area contributed by atoms with Gasteiger partial charge in [-0.15, -0.1) is 0 Å². The van der Waals surface area contributed by atoms with Gasteiger partial charge in [-0.1, -0.05) is 0 Å². The highest BCUT2D eigenvalue weighted by atomic mass is 16.5. The standard InChI is InChI=1S/C25H24N6O3/c1-16-14-22(28-18-9-11-21(33-2)12-10-18)31-25(27-16)30-20-7-5-19(6-8-20)29-24(32)17-4-13-23(34-3)26-15-17/h4-15H,1-3H3,(H,29,32)(H2,27,28,30,31). The molecule has 0 saturated carbocycles. The fourth-order valence-corrected chi connectivity index (χ4v) is 3.12. The van der Waals surface area contributed by atoms with Crippen LogP contribution in [0, 0.1) is 6.92 Å². The molecule has 0 radical (unpaired) electrons. The minimum atomic E-state index is -0.257. The Balaban J connectivity index is 1.40. The number of aromatic nitrogens is 3. The van der Waals surface area contributed by atoms with Crippen LogP contribution >= 0.6 is 0 Å². The zero-order valence-corrected chi connectivity index (χ0v) is 19.0. The van der Waals surface area contributed by atoms with Gasteiger partial charge in [-0.3, -0.25) is 4.79 Å². The lowest BCUT2D eigenvalue weighted by atomic mass is 10.2. The Labute approximate surface area is 197 Å². The van der Waals surface area contributed by atoms with Crippen molar-refractivity contribution < 1.29 is 14.3 Å². The molecule has 3 N–H and O–H groups in total. The number of amides is 1. The van der Waals surface area contributed by atoms with Crippen molar-refractivity contribution in [3.63, 3.8) is 0 Å². The third-order valence-corrected chi connectivity index (χ3v) is 4.82. The predicted molar refractivity (Wildman–Crippen MR) is 132 cm³/mol. The van der Waals surface area contributed by atoms with Crippen molar-refractivity contribution in [2.45, 2.75) is 6.92 Å². The topological polar surface area (TPSA) is 110 Å². The molecule has 34 heavy (non-hydrogen) atoms. The molecule has 0 unspecified atom stereocenters. The molecule has 2 aromatic carbocycles. The Morgan fingerprint density at radius 2 is 1.47 bits per heavy atom. The van der Waals surface area contributed by atoms with E-state index in [2.05, 4.69) is 30.9 Å². The van der Waals surface area contributed by atoms with Crippen LogP contribution in [0.5, 0.6) is 11.6 Å². The summed E-state index contributed by atoms with van der Waals surface area (Å²) in [4.78, 5) is 25.5. The van der Waals surface area contributed by atoms with Crippen molar-refractivity contribution in [2.75, 3.05) is 30.2 Å². The molecule has 1 amide bonds. The summed E-state index contributed by atoms with van der Waals surface area (Å²) in [7, 11) is 3.16. The van der Waals surface area contributed by atoms with Crippen LogP contribution in [0.2, 0.25) is 0 Å². The molecule has 2 aromatic heterocycles. The van der Waals surface area contributed by atoms with E-state index in [9.17, 15) is 4.79 Å². The number of aryl methyl sites for hydroxylation is 1.